The van der Waals surface area contributed by atoms with Crippen molar-refractivity contribution in [2.75, 3.05) is 6.61 Å². The molecule has 1 saturated heterocycles. The molecule has 1 heterocycles. The van der Waals surface area contributed by atoms with Gasteiger partial charge < -0.3 is 9.53 Å². The molecule has 56 valence electrons. The molecule has 1 aliphatic heterocycles. The van der Waals surface area contributed by atoms with Gasteiger partial charge in [0.05, 0.1) is 6.61 Å². The van der Waals surface area contributed by atoms with Gasteiger partial charge in [-0.2, -0.15) is 0 Å². The Balaban J connectivity index is 1.89. The van der Waals surface area contributed by atoms with Gasteiger partial charge in [0.1, 0.15) is 12.4 Å². The smallest absolute Gasteiger partial charge is 0.148 e. The third-order valence-electron chi connectivity index (χ3n) is 2.67. The summed E-state index contributed by atoms with van der Waals surface area (Å²) in [6, 6.07) is 0. The predicted molar refractivity (Wildman–Crippen MR) is 36.7 cm³/mol. The Labute approximate surface area is 60.6 Å². The number of hydrogen-bond acceptors (Lipinski definition) is 2. The first kappa shape index (κ1) is 6.35. The Morgan fingerprint density at radius 1 is 1.40 bits per heavy atom. The Morgan fingerprint density at radius 2 is 2.20 bits per heavy atom. The van der Waals surface area contributed by atoms with Crippen LogP contribution in [0.2, 0.25) is 0 Å². The van der Waals surface area contributed by atoms with Crippen LogP contribution in [0.15, 0.2) is 0 Å². The molecule has 1 saturated carbocycles. The molecule has 1 spiro atoms. The molecule has 10 heavy (non-hydrogen) atoms. The molecule has 0 bridgehead atoms. The highest BCUT2D eigenvalue weighted by molar-refractivity contribution is 5.56. The second kappa shape index (κ2) is 2.06. The highest BCUT2D eigenvalue weighted by Crippen LogP contribution is 2.52. The van der Waals surface area contributed by atoms with Crippen molar-refractivity contribution < 1.29 is 9.53 Å². The molecule has 2 heteroatoms. The van der Waals surface area contributed by atoms with Crippen LogP contribution in [-0.2, 0) is 9.53 Å². The molecular formula is C8H12O2. The van der Waals surface area contributed by atoms with Crippen LogP contribution in [0.25, 0.3) is 0 Å². The maximum atomic E-state index is 10.3. The number of carbonyl (C=O) groups excluding carboxylic acids is 1. The first-order valence-electron chi connectivity index (χ1n) is 3.92. The maximum absolute atomic E-state index is 10.3. The first-order chi connectivity index (χ1) is 4.85. The van der Waals surface area contributed by atoms with Crippen molar-refractivity contribution in [3.8, 4) is 0 Å². The zero-order valence-corrected chi connectivity index (χ0v) is 6.01. The lowest BCUT2D eigenvalue weighted by Gasteiger charge is -2.25. The van der Waals surface area contributed by atoms with Crippen LogP contribution in [0, 0.1) is 5.41 Å². The van der Waals surface area contributed by atoms with Crippen molar-refractivity contribution in [1.29, 1.82) is 0 Å². The molecule has 1 atom stereocenters. The molecule has 0 aromatic carbocycles. The topological polar surface area (TPSA) is 26.3 Å². The minimum Gasteiger partial charge on any atom is -0.370 e. The Hall–Kier alpha value is -0.370. The van der Waals surface area contributed by atoms with Gasteiger partial charge in [0.25, 0.3) is 0 Å². The average Bonchev–Trinajstić information content (AvgIpc) is 2.72. The largest absolute Gasteiger partial charge is 0.370 e. The van der Waals surface area contributed by atoms with Gasteiger partial charge in [-0.15, -0.1) is 0 Å². The third-order valence-corrected chi connectivity index (χ3v) is 2.67. The van der Waals surface area contributed by atoms with Gasteiger partial charge in [-0.1, -0.05) is 0 Å². The van der Waals surface area contributed by atoms with Crippen molar-refractivity contribution in [2.24, 2.45) is 5.41 Å². The van der Waals surface area contributed by atoms with Gasteiger partial charge >= 0.3 is 0 Å². The average molecular weight is 140 g/mol. The summed E-state index contributed by atoms with van der Waals surface area (Å²) in [5.41, 5.74) is 0.527. The molecule has 1 aliphatic carbocycles. The molecule has 0 radical (unpaired) electrons. The lowest BCUT2D eigenvalue weighted by atomic mass is 9.96. The number of rotatable bonds is 1. The van der Waals surface area contributed by atoms with Crippen LogP contribution in [-0.4, -0.2) is 19.0 Å². The van der Waals surface area contributed by atoms with Crippen LogP contribution in [0.5, 0.6) is 0 Å². The summed E-state index contributed by atoms with van der Waals surface area (Å²) in [7, 11) is 0. The molecule has 0 aromatic rings. The predicted octanol–water partition coefficient (Wildman–Crippen LogP) is 1.14. The second-order valence-electron chi connectivity index (χ2n) is 3.52. The van der Waals surface area contributed by atoms with Crippen molar-refractivity contribution >= 4 is 6.29 Å². The number of aldehydes is 1. The Morgan fingerprint density at radius 3 is 2.60 bits per heavy atom. The Bertz CT molecular complexity index is 139. The van der Waals surface area contributed by atoms with Crippen LogP contribution >= 0.6 is 0 Å². The summed E-state index contributed by atoms with van der Waals surface area (Å²) in [5, 5.41) is 0. The van der Waals surface area contributed by atoms with Gasteiger partial charge in [-0.25, -0.2) is 0 Å². The van der Waals surface area contributed by atoms with E-state index < -0.39 is 0 Å². The van der Waals surface area contributed by atoms with Gasteiger partial charge in [-0.3, -0.25) is 0 Å². The monoisotopic (exact) mass is 140 g/mol. The number of hydrogen-bond donors (Lipinski definition) is 0. The minimum absolute atomic E-state index is 0.0915. The summed E-state index contributed by atoms with van der Waals surface area (Å²) in [5.74, 6) is 0. The standard InChI is InChI=1S/C8H12O2/c9-5-7-1-2-8(3-4-8)6-10-7/h5,7H,1-4,6H2. The lowest BCUT2D eigenvalue weighted by Crippen LogP contribution is -2.27. The van der Waals surface area contributed by atoms with E-state index in [-0.39, 0.29) is 6.10 Å². The molecule has 0 N–H and O–H groups in total. The number of ether oxygens (including phenoxy) is 1. The van der Waals surface area contributed by atoms with Gasteiger partial charge in [-0.05, 0) is 31.1 Å². The van der Waals surface area contributed by atoms with E-state index in [0.29, 0.717) is 5.41 Å². The molecule has 0 aromatic heterocycles. The summed E-state index contributed by atoms with van der Waals surface area (Å²) < 4.78 is 5.34. The highest BCUT2D eigenvalue weighted by Gasteiger charge is 2.45. The zero-order chi connectivity index (χ0) is 7.03. The fourth-order valence-electron chi connectivity index (χ4n) is 1.57. The Kier molecular flexibility index (Phi) is 1.31. The van der Waals surface area contributed by atoms with E-state index in [1.165, 1.54) is 19.3 Å². The summed E-state index contributed by atoms with van der Waals surface area (Å²) in [6.07, 6.45) is 5.62. The van der Waals surface area contributed by atoms with Crippen LogP contribution < -0.4 is 0 Å². The molecule has 0 amide bonds. The van der Waals surface area contributed by atoms with Crippen LogP contribution in [0.3, 0.4) is 0 Å². The molecule has 2 fully saturated rings. The van der Waals surface area contributed by atoms with E-state index in [1.54, 1.807) is 0 Å². The molecule has 2 rings (SSSR count). The molecule has 1 unspecified atom stereocenters. The molecule has 2 aliphatic rings. The minimum atomic E-state index is -0.0915. The van der Waals surface area contributed by atoms with E-state index in [1.807, 2.05) is 0 Å². The van der Waals surface area contributed by atoms with Gasteiger partial charge in [0.15, 0.2) is 0 Å². The summed E-state index contributed by atoms with van der Waals surface area (Å²) in [4.78, 5) is 10.3. The third kappa shape index (κ3) is 0.966. The lowest BCUT2D eigenvalue weighted by molar-refractivity contribution is -0.123. The van der Waals surface area contributed by atoms with Crippen molar-refractivity contribution in [3.63, 3.8) is 0 Å². The van der Waals surface area contributed by atoms with Crippen molar-refractivity contribution in [1.82, 2.24) is 0 Å². The SMILES string of the molecule is O=CC1CCC2(CC2)CO1. The number of carbonyl (C=O) groups is 1. The van der Waals surface area contributed by atoms with E-state index in [9.17, 15) is 4.79 Å². The van der Waals surface area contributed by atoms with E-state index in [2.05, 4.69) is 0 Å². The second-order valence-corrected chi connectivity index (χ2v) is 3.52. The summed E-state index contributed by atoms with van der Waals surface area (Å²) in [6.45, 7) is 0.830. The van der Waals surface area contributed by atoms with Gasteiger partial charge in [0.2, 0.25) is 0 Å². The van der Waals surface area contributed by atoms with Crippen LogP contribution in [0.1, 0.15) is 25.7 Å². The normalized spacial score (nSPS) is 35.8. The van der Waals surface area contributed by atoms with E-state index >= 15 is 0 Å². The molecule has 2 nitrogen and oxygen atoms in total. The maximum Gasteiger partial charge on any atom is 0.148 e. The van der Waals surface area contributed by atoms with Crippen LogP contribution in [0.4, 0.5) is 0 Å². The van der Waals surface area contributed by atoms with Crippen molar-refractivity contribution in [3.05, 3.63) is 0 Å². The fourth-order valence-corrected chi connectivity index (χ4v) is 1.57. The van der Waals surface area contributed by atoms with Crippen molar-refractivity contribution in [2.45, 2.75) is 31.8 Å². The van der Waals surface area contributed by atoms with E-state index in [4.69, 9.17) is 4.74 Å². The first-order valence-corrected chi connectivity index (χ1v) is 3.92. The quantitative estimate of drug-likeness (QED) is 0.510. The molecular weight excluding hydrogens is 128 g/mol. The fraction of sp³-hybridized carbons (Fsp3) is 0.875. The van der Waals surface area contributed by atoms with E-state index in [0.717, 1.165) is 19.3 Å². The van der Waals surface area contributed by atoms with Gasteiger partial charge in [0, 0.05) is 0 Å². The zero-order valence-electron chi connectivity index (χ0n) is 6.01. The highest BCUT2D eigenvalue weighted by atomic mass is 16.5. The summed E-state index contributed by atoms with van der Waals surface area (Å²) >= 11 is 0.